The number of carbonyl (C=O) groups excluding carboxylic acids is 2. The Bertz CT molecular complexity index is 1030. The van der Waals surface area contributed by atoms with E-state index in [4.69, 9.17) is 16.3 Å². The molecule has 3 rings (SSSR count). The molecule has 0 radical (unpaired) electrons. The Morgan fingerprint density at radius 3 is 2.43 bits per heavy atom. The lowest BCUT2D eigenvalue weighted by molar-refractivity contribution is 0.101. The second-order valence-corrected chi connectivity index (χ2v) is 6.50. The highest BCUT2D eigenvalue weighted by Crippen LogP contribution is 2.36. The van der Waals surface area contributed by atoms with Crippen LogP contribution in [0.5, 0.6) is 5.75 Å². The molecule has 0 bridgehead atoms. The van der Waals surface area contributed by atoms with E-state index in [2.05, 4.69) is 15.7 Å². The van der Waals surface area contributed by atoms with Crippen LogP contribution in [0.4, 0.5) is 16.2 Å². The highest BCUT2D eigenvalue weighted by Gasteiger charge is 2.16. The largest absolute Gasteiger partial charge is 0.496 e. The number of amides is 2. The normalized spacial score (nSPS) is 10.4. The molecule has 2 amide bonds. The van der Waals surface area contributed by atoms with Crippen LogP contribution in [0.3, 0.4) is 0 Å². The van der Waals surface area contributed by atoms with E-state index in [0.717, 1.165) is 0 Å². The second kappa shape index (κ2) is 8.14. The molecule has 7 nitrogen and oxygen atoms in total. The minimum atomic E-state index is -0.437. The van der Waals surface area contributed by atoms with Gasteiger partial charge in [-0.05, 0) is 37.3 Å². The van der Waals surface area contributed by atoms with Gasteiger partial charge in [0.2, 0.25) is 0 Å². The first-order chi connectivity index (χ1) is 13.4. The monoisotopic (exact) mass is 398 g/mol. The summed E-state index contributed by atoms with van der Waals surface area (Å²) in [7, 11) is 3.33. The molecule has 2 aromatic carbocycles. The van der Waals surface area contributed by atoms with Gasteiger partial charge in [-0.2, -0.15) is 5.10 Å². The molecule has 0 spiro atoms. The number of halogens is 1. The van der Waals surface area contributed by atoms with Crippen LogP contribution in [0, 0.1) is 0 Å². The van der Waals surface area contributed by atoms with E-state index in [1.807, 2.05) is 0 Å². The van der Waals surface area contributed by atoms with Gasteiger partial charge in [-0.15, -0.1) is 0 Å². The smallest absolute Gasteiger partial charge is 0.323 e. The molecule has 0 saturated heterocycles. The van der Waals surface area contributed by atoms with Crippen molar-refractivity contribution in [2.24, 2.45) is 7.05 Å². The van der Waals surface area contributed by atoms with Gasteiger partial charge in [-0.25, -0.2) is 4.79 Å². The molecule has 8 heteroatoms. The summed E-state index contributed by atoms with van der Waals surface area (Å²) in [6.07, 6.45) is 1.55. The van der Waals surface area contributed by atoms with Gasteiger partial charge in [-0.1, -0.05) is 23.7 Å². The van der Waals surface area contributed by atoms with Crippen LogP contribution in [-0.4, -0.2) is 28.7 Å². The van der Waals surface area contributed by atoms with E-state index in [1.54, 1.807) is 67.5 Å². The zero-order chi connectivity index (χ0) is 20.3. The van der Waals surface area contributed by atoms with Crippen molar-refractivity contribution >= 4 is 34.8 Å². The van der Waals surface area contributed by atoms with Crippen molar-refractivity contribution in [1.29, 1.82) is 0 Å². The number of methoxy groups -OCH3 is 1. The van der Waals surface area contributed by atoms with Crippen LogP contribution in [-0.2, 0) is 7.05 Å². The predicted molar refractivity (Wildman–Crippen MR) is 109 cm³/mol. The van der Waals surface area contributed by atoms with E-state index in [9.17, 15) is 9.59 Å². The topological polar surface area (TPSA) is 85.2 Å². The highest BCUT2D eigenvalue weighted by atomic mass is 35.5. The summed E-state index contributed by atoms with van der Waals surface area (Å²) in [5.41, 5.74) is 2.97. The number of ether oxygens (including phenoxy) is 1. The van der Waals surface area contributed by atoms with Crippen LogP contribution in [0.15, 0.2) is 48.7 Å². The van der Waals surface area contributed by atoms with Crippen molar-refractivity contribution in [3.8, 4) is 17.0 Å². The van der Waals surface area contributed by atoms with E-state index < -0.39 is 6.03 Å². The Balaban J connectivity index is 1.83. The highest BCUT2D eigenvalue weighted by molar-refractivity contribution is 6.33. The molecular weight excluding hydrogens is 380 g/mol. The third-order valence-electron chi connectivity index (χ3n) is 4.13. The van der Waals surface area contributed by atoms with Crippen molar-refractivity contribution in [3.63, 3.8) is 0 Å². The van der Waals surface area contributed by atoms with E-state index in [-0.39, 0.29) is 5.78 Å². The number of carbonyl (C=O) groups is 2. The van der Waals surface area contributed by atoms with Crippen LogP contribution in [0.1, 0.15) is 17.3 Å². The van der Waals surface area contributed by atoms with Gasteiger partial charge in [-0.3, -0.25) is 9.48 Å². The Hall–Kier alpha value is -3.32. The minimum absolute atomic E-state index is 0.0723. The number of ketones is 1. The van der Waals surface area contributed by atoms with Gasteiger partial charge in [0, 0.05) is 29.5 Å². The number of nitrogens with zero attached hydrogens (tertiary/aromatic N) is 2. The number of aryl methyl sites for hydroxylation is 1. The van der Waals surface area contributed by atoms with Crippen molar-refractivity contribution in [2.45, 2.75) is 6.92 Å². The standard InChI is InChI=1S/C20H19ClN4O3/c1-12(26)13-5-4-6-14(9-13)23-20(27)24-15-7-8-18(28-3)16(10-15)19-17(21)11-22-25(19)2/h4-11H,1-3H3,(H2,23,24,27). The van der Waals surface area contributed by atoms with Crippen LogP contribution >= 0.6 is 11.6 Å². The van der Waals surface area contributed by atoms with Crippen molar-refractivity contribution < 1.29 is 14.3 Å². The Morgan fingerprint density at radius 2 is 1.82 bits per heavy atom. The Labute approximate surface area is 167 Å². The van der Waals surface area contributed by atoms with Crippen molar-refractivity contribution in [1.82, 2.24) is 9.78 Å². The molecule has 2 N–H and O–H groups in total. The van der Waals surface area contributed by atoms with E-state index in [0.29, 0.717) is 39.0 Å². The average Bonchev–Trinajstić information content (AvgIpc) is 3.00. The SMILES string of the molecule is COc1ccc(NC(=O)Nc2cccc(C(C)=O)c2)cc1-c1c(Cl)cnn1C. The number of nitrogens with one attached hydrogen (secondary N) is 2. The fourth-order valence-corrected chi connectivity index (χ4v) is 3.06. The molecule has 0 aliphatic heterocycles. The maximum atomic E-state index is 12.4. The number of benzene rings is 2. The minimum Gasteiger partial charge on any atom is -0.496 e. The molecule has 0 unspecified atom stereocenters. The van der Waals surface area contributed by atoms with Gasteiger partial charge < -0.3 is 15.4 Å². The van der Waals surface area contributed by atoms with Gasteiger partial charge in [0.1, 0.15) is 5.75 Å². The maximum Gasteiger partial charge on any atom is 0.323 e. The lowest BCUT2D eigenvalue weighted by Gasteiger charge is -2.13. The van der Waals surface area contributed by atoms with Crippen molar-refractivity contribution in [3.05, 3.63) is 59.2 Å². The molecule has 0 aliphatic rings. The summed E-state index contributed by atoms with van der Waals surface area (Å²) in [6, 6.07) is 11.5. The number of hydrogen-bond acceptors (Lipinski definition) is 4. The Kier molecular flexibility index (Phi) is 5.65. The molecular formula is C20H19ClN4O3. The molecule has 0 atom stereocenters. The molecule has 28 heavy (non-hydrogen) atoms. The number of urea groups is 1. The van der Waals surface area contributed by atoms with Crippen LogP contribution < -0.4 is 15.4 Å². The molecule has 0 aliphatic carbocycles. The average molecular weight is 399 g/mol. The van der Waals surface area contributed by atoms with Crippen LogP contribution in [0.2, 0.25) is 5.02 Å². The first-order valence-corrected chi connectivity index (χ1v) is 8.81. The third kappa shape index (κ3) is 4.15. The van der Waals surface area contributed by atoms with Gasteiger partial charge >= 0.3 is 6.03 Å². The zero-order valence-electron chi connectivity index (χ0n) is 15.6. The van der Waals surface area contributed by atoms with Gasteiger partial charge in [0.15, 0.2) is 5.78 Å². The summed E-state index contributed by atoms with van der Waals surface area (Å²) < 4.78 is 7.05. The second-order valence-electron chi connectivity index (χ2n) is 6.10. The summed E-state index contributed by atoms with van der Waals surface area (Å²) in [6.45, 7) is 1.47. The zero-order valence-corrected chi connectivity index (χ0v) is 16.4. The number of anilines is 2. The molecule has 1 heterocycles. The Morgan fingerprint density at radius 1 is 1.11 bits per heavy atom. The number of Topliss-reactive ketones (excluding diaryl/α,β-unsaturated/α-hetero) is 1. The summed E-state index contributed by atoms with van der Waals surface area (Å²) in [5.74, 6) is 0.530. The molecule has 0 saturated carbocycles. The van der Waals surface area contributed by atoms with Gasteiger partial charge in [0.05, 0.1) is 24.0 Å². The lowest BCUT2D eigenvalue weighted by atomic mass is 10.1. The summed E-state index contributed by atoms with van der Waals surface area (Å²) in [5, 5.41) is 10.1. The number of rotatable bonds is 5. The fraction of sp³-hybridized carbons (Fsp3) is 0.150. The first-order valence-electron chi connectivity index (χ1n) is 8.44. The van der Waals surface area contributed by atoms with E-state index >= 15 is 0 Å². The predicted octanol–water partition coefficient (Wildman–Crippen LogP) is 4.60. The number of hydrogen-bond donors (Lipinski definition) is 2. The fourth-order valence-electron chi connectivity index (χ4n) is 2.79. The third-order valence-corrected chi connectivity index (χ3v) is 4.41. The molecule has 0 fully saturated rings. The first kappa shape index (κ1) is 19.4. The quantitative estimate of drug-likeness (QED) is 0.615. The molecule has 3 aromatic rings. The van der Waals surface area contributed by atoms with Crippen molar-refractivity contribution in [2.75, 3.05) is 17.7 Å². The lowest BCUT2D eigenvalue weighted by Crippen LogP contribution is -2.19. The summed E-state index contributed by atoms with van der Waals surface area (Å²) in [4.78, 5) is 23.8. The molecule has 144 valence electrons. The van der Waals surface area contributed by atoms with Crippen LogP contribution in [0.25, 0.3) is 11.3 Å². The van der Waals surface area contributed by atoms with Gasteiger partial charge in [0.25, 0.3) is 0 Å². The molecule has 1 aromatic heterocycles. The van der Waals surface area contributed by atoms with E-state index in [1.165, 1.54) is 6.92 Å². The number of aromatic nitrogens is 2. The summed E-state index contributed by atoms with van der Waals surface area (Å²) >= 11 is 6.25. The maximum absolute atomic E-state index is 12.4.